The molecule has 0 unspecified atom stereocenters. The van der Waals surface area contributed by atoms with Gasteiger partial charge in [-0.05, 0) is 37.8 Å². The number of ether oxygens (including phenoxy) is 2. The Bertz CT molecular complexity index is 639. The van der Waals surface area contributed by atoms with E-state index < -0.39 is 0 Å². The summed E-state index contributed by atoms with van der Waals surface area (Å²) in [6, 6.07) is 10.6. The van der Waals surface area contributed by atoms with E-state index in [9.17, 15) is 0 Å². The first kappa shape index (κ1) is 20.1. The van der Waals surface area contributed by atoms with Crippen molar-refractivity contribution >= 4 is 26.7 Å². The third kappa shape index (κ3) is 6.22. The quantitative estimate of drug-likeness (QED) is 0.277. The van der Waals surface area contributed by atoms with Crippen LogP contribution < -0.4 is 9.47 Å². The van der Waals surface area contributed by atoms with Crippen LogP contribution in [0.15, 0.2) is 30.3 Å². The van der Waals surface area contributed by atoms with E-state index in [-0.39, 0.29) is 0 Å². The number of alkyl halides is 1. The van der Waals surface area contributed by atoms with E-state index in [2.05, 4.69) is 60.1 Å². The molecule has 0 spiro atoms. The summed E-state index contributed by atoms with van der Waals surface area (Å²) in [6.07, 6.45) is 8.37. The molecule has 0 radical (unpaired) electrons. The Morgan fingerprint density at radius 1 is 0.840 bits per heavy atom. The predicted octanol–water partition coefficient (Wildman–Crippen LogP) is 7.05. The van der Waals surface area contributed by atoms with Crippen LogP contribution in [0.1, 0.15) is 57.4 Å². The highest BCUT2D eigenvalue weighted by Crippen LogP contribution is 2.36. The van der Waals surface area contributed by atoms with Gasteiger partial charge in [-0.25, -0.2) is 0 Å². The smallest absolute Gasteiger partial charge is 0.130 e. The van der Waals surface area contributed by atoms with Gasteiger partial charge in [-0.3, -0.25) is 0 Å². The van der Waals surface area contributed by atoms with E-state index >= 15 is 0 Å². The Balaban J connectivity index is 2.06. The Morgan fingerprint density at radius 3 is 2.28 bits per heavy atom. The van der Waals surface area contributed by atoms with E-state index in [1.807, 2.05) is 0 Å². The van der Waals surface area contributed by atoms with Crippen molar-refractivity contribution in [3.8, 4) is 11.5 Å². The zero-order chi connectivity index (χ0) is 17.9. The second-order valence-corrected chi connectivity index (χ2v) is 7.37. The lowest BCUT2D eigenvalue weighted by atomic mass is 10.0. The SMILES string of the molecule is CCCCCOc1c(C)cc(OCCCCCCBr)c2ccccc12. The normalized spacial score (nSPS) is 11.0. The molecule has 0 bridgehead atoms. The number of unbranched alkanes of at least 4 members (excludes halogenated alkanes) is 5. The number of aryl methyl sites for hydroxylation is 1. The van der Waals surface area contributed by atoms with Crippen LogP contribution in [0.3, 0.4) is 0 Å². The minimum absolute atomic E-state index is 0.780. The molecule has 0 N–H and O–H groups in total. The lowest BCUT2D eigenvalue weighted by molar-refractivity contribution is 0.301. The molecule has 0 heterocycles. The average Bonchev–Trinajstić information content (AvgIpc) is 2.63. The summed E-state index contributed by atoms with van der Waals surface area (Å²) in [5.41, 5.74) is 1.16. The molecule has 0 aromatic heterocycles. The van der Waals surface area contributed by atoms with Gasteiger partial charge in [0.25, 0.3) is 0 Å². The van der Waals surface area contributed by atoms with Crippen LogP contribution in [0.25, 0.3) is 10.8 Å². The lowest BCUT2D eigenvalue weighted by Gasteiger charge is -2.16. The molecular weight excluding hydrogens is 376 g/mol. The van der Waals surface area contributed by atoms with Crippen molar-refractivity contribution in [3.05, 3.63) is 35.9 Å². The molecule has 0 saturated heterocycles. The second kappa shape index (κ2) is 11.4. The van der Waals surface area contributed by atoms with Gasteiger partial charge < -0.3 is 9.47 Å². The first-order chi connectivity index (χ1) is 12.3. The molecule has 25 heavy (non-hydrogen) atoms. The summed E-state index contributed by atoms with van der Waals surface area (Å²) in [7, 11) is 0. The molecule has 0 aliphatic heterocycles. The number of fused-ring (bicyclic) bond motifs is 1. The van der Waals surface area contributed by atoms with Crippen molar-refractivity contribution in [2.24, 2.45) is 0 Å². The minimum Gasteiger partial charge on any atom is -0.493 e. The fourth-order valence-electron chi connectivity index (χ4n) is 3.02. The first-order valence-electron chi connectivity index (χ1n) is 9.61. The van der Waals surface area contributed by atoms with Gasteiger partial charge in [0.2, 0.25) is 0 Å². The summed E-state index contributed by atoms with van der Waals surface area (Å²) in [5, 5.41) is 3.41. The Hall–Kier alpha value is -1.22. The maximum Gasteiger partial charge on any atom is 0.130 e. The van der Waals surface area contributed by atoms with Crippen LogP contribution in [0.4, 0.5) is 0 Å². The van der Waals surface area contributed by atoms with Gasteiger partial charge in [-0.2, -0.15) is 0 Å². The van der Waals surface area contributed by atoms with Gasteiger partial charge in [0.1, 0.15) is 11.5 Å². The molecule has 2 aromatic carbocycles. The van der Waals surface area contributed by atoms with E-state index in [4.69, 9.17) is 9.47 Å². The van der Waals surface area contributed by atoms with E-state index in [0.717, 1.165) is 59.2 Å². The van der Waals surface area contributed by atoms with Gasteiger partial charge in [0.05, 0.1) is 13.2 Å². The van der Waals surface area contributed by atoms with Crippen LogP contribution in [0.2, 0.25) is 0 Å². The van der Waals surface area contributed by atoms with Crippen LogP contribution in [-0.4, -0.2) is 18.5 Å². The zero-order valence-electron chi connectivity index (χ0n) is 15.7. The zero-order valence-corrected chi connectivity index (χ0v) is 17.2. The Kier molecular flexibility index (Phi) is 9.17. The molecule has 2 aromatic rings. The lowest BCUT2D eigenvalue weighted by Crippen LogP contribution is -2.02. The molecule has 3 heteroatoms. The Labute approximate surface area is 161 Å². The molecule has 0 saturated carbocycles. The third-order valence-electron chi connectivity index (χ3n) is 4.42. The van der Waals surface area contributed by atoms with Gasteiger partial charge in [-0.15, -0.1) is 0 Å². The summed E-state index contributed by atoms with van der Waals surface area (Å²) in [6.45, 7) is 5.89. The third-order valence-corrected chi connectivity index (χ3v) is 4.98. The van der Waals surface area contributed by atoms with Crippen molar-refractivity contribution in [3.63, 3.8) is 0 Å². The molecular formula is C22H31BrO2. The van der Waals surface area contributed by atoms with Gasteiger partial charge in [-0.1, -0.05) is 72.8 Å². The average molecular weight is 407 g/mol. The van der Waals surface area contributed by atoms with Gasteiger partial charge in [0, 0.05) is 16.1 Å². The van der Waals surface area contributed by atoms with Gasteiger partial charge >= 0.3 is 0 Å². The van der Waals surface area contributed by atoms with E-state index in [1.54, 1.807) is 0 Å². The number of hydrogen-bond donors (Lipinski definition) is 0. The number of rotatable bonds is 12. The maximum atomic E-state index is 6.12. The molecule has 138 valence electrons. The van der Waals surface area contributed by atoms with Crippen LogP contribution >= 0.6 is 15.9 Å². The second-order valence-electron chi connectivity index (χ2n) is 6.57. The number of benzene rings is 2. The summed E-state index contributed by atoms with van der Waals surface area (Å²) in [4.78, 5) is 0. The molecule has 0 aliphatic rings. The molecule has 2 rings (SSSR count). The minimum atomic E-state index is 0.780. The molecule has 0 amide bonds. The highest BCUT2D eigenvalue weighted by Gasteiger charge is 2.11. The Morgan fingerprint density at radius 2 is 1.52 bits per heavy atom. The fourth-order valence-corrected chi connectivity index (χ4v) is 3.41. The predicted molar refractivity (Wildman–Crippen MR) is 111 cm³/mol. The van der Waals surface area contributed by atoms with E-state index in [1.165, 1.54) is 32.1 Å². The van der Waals surface area contributed by atoms with Gasteiger partial charge in [0.15, 0.2) is 0 Å². The van der Waals surface area contributed by atoms with Crippen LogP contribution in [0, 0.1) is 6.92 Å². The summed E-state index contributed by atoms with van der Waals surface area (Å²) in [5.74, 6) is 1.99. The largest absolute Gasteiger partial charge is 0.493 e. The fraction of sp³-hybridized carbons (Fsp3) is 0.545. The highest BCUT2D eigenvalue weighted by molar-refractivity contribution is 9.09. The maximum absolute atomic E-state index is 6.12. The number of hydrogen-bond acceptors (Lipinski definition) is 2. The van der Waals surface area contributed by atoms with Crippen molar-refractivity contribution in [1.29, 1.82) is 0 Å². The standard InChI is InChI=1S/C22H31BrO2/c1-3-4-10-16-25-22-18(2)17-21(19-12-7-8-13-20(19)22)24-15-11-6-5-9-14-23/h7-8,12-13,17H,3-6,9-11,14-16H2,1-2H3. The monoisotopic (exact) mass is 406 g/mol. The van der Waals surface area contributed by atoms with Crippen molar-refractivity contribution in [1.82, 2.24) is 0 Å². The molecule has 2 nitrogen and oxygen atoms in total. The highest BCUT2D eigenvalue weighted by atomic mass is 79.9. The molecule has 0 atom stereocenters. The van der Waals surface area contributed by atoms with Crippen molar-refractivity contribution in [2.75, 3.05) is 18.5 Å². The van der Waals surface area contributed by atoms with Crippen LogP contribution in [-0.2, 0) is 0 Å². The summed E-state index contributed by atoms with van der Waals surface area (Å²) >= 11 is 3.48. The first-order valence-corrected chi connectivity index (χ1v) is 10.7. The van der Waals surface area contributed by atoms with Crippen molar-refractivity contribution < 1.29 is 9.47 Å². The van der Waals surface area contributed by atoms with Crippen LogP contribution in [0.5, 0.6) is 11.5 Å². The van der Waals surface area contributed by atoms with Crippen molar-refractivity contribution in [2.45, 2.75) is 58.8 Å². The molecule has 0 fully saturated rings. The molecule has 0 aliphatic carbocycles. The van der Waals surface area contributed by atoms with E-state index in [0.29, 0.717) is 0 Å². The summed E-state index contributed by atoms with van der Waals surface area (Å²) < 4.78 is 12.2. The number of halogens is 1. The topological polar surface area (TPSA) is 18.5 Å².